The lowest BCUT2D eigenvalue weighted by atomic mass is 10.1. The Labute approximate surface area is 74.1 Å². The Morgan fingerprint density at radius 3 is 1.92 bits per heavy atom. The SMILES string of the molecule is CCCc1ccc(CC[O])cc1. The lowest BCUT2D eigenvalue weighted by Crippen LogP contribution is -1.90. The minimum atomic E-state index is -0.00682. The van der Waals surface area contributed by atoms with Gasteiger partial charge in [0.25, 0.3) is 0 Å². The zero-order valence-corrected chi connectivity index (χ0v) is 7.55. The van der Waals surface area contributed by atoms with Crippen LogP contribution in [0.4, 0.5) is 0 Å². The van der Waals surface area contributed by atoms with Crippen LogP contribution in [0.1, 0.15) is 24.5 Å². The van der Waals surface area contributed by atoms with Crippen molar-refractivity contribution < 1.29 is 5.11 Å². The van der Waals surface area contributed by atoms with Crippen LogP contribution in [0.2, 0.25) is 0 Å². The molecule has 1 heteroatoms. The minimum absolute atomic E-state index is 0.00682. The van der Waals surface area contributed by atoms with Crippen LogP contribution in [0.5, 0.6) is 0 Å². The van der Waals surface area contributed by atoms with E-state index in [1.54, 1.807) is 0 Å². The second kappa shape index (κ2) is 4.94. The fourth-order valence-electron chi connectivity index (χ4n) is 1.28. The van der Waals surface area contributed by atoms with Crippen molar-refractivity contribution in [2.45, 2.75) is 26.2 Å². The average molecular weight is 163 g/mol. The second-order valence-corrected chi connectivity index (χ2v) is 3.02. The Bertz CT molecular complexity index is 188. The molecule has 0 saturated carbocycles. The molecule has 0 aliphatic rings. The van der Waals surface area contributed by atoms with Gasteiger partial charge in [-0.25, -0.2) is 5.11 Å². The Morgan fingerprint density at radius 2 is 1.50 bits per heavy atom. The monoisotopic (exact) mass is 163 g/mol. The predicted molar refractivity (Wildman–Crippen MR) is 49.7 cm³/mol. The van der Waals surface area contributed by atoms with Gasteiger partial charge in [0, 0.05) is 0 Å². The third-order valence-corrected chi connectivity index (χ3v) is 1.95. The highest BCUT2D eigenvalue weighted by Gasteiger charge is 1.93. The van der Waals surface area contributed by atoms with Crippen molar-refractivity contribution >= 4 is 0 Å². The van der Waals surface area contributed by atoms with Crippen molar-refractivity contribution in [3.05, 3.63) is 35.4 Å². The molecule has 0 bridgehead atoms. The van der Waals surface area contributed by atoms with Crippen LogP contribution in [0.3, 0.4) is 0 Å². The molecular formula is C11H15O. The summed E-state index contributed by atoms with van der Waals surface area (Å²) in [6, 6.07) is 8.36. The number of benzene rings is 1. The first-order valence-electron chi connectivity index (χ1n) is 4.52. The molecule has 1 aromatic rings. The van der Waals surface area contributed by atoms with E-state index >= 15 is 0 Å². The number of hydrogen-bond acceptors (Lipinski definition) is 0. The van der Waals surface area contributed by atoms with E-state index < -0.39 is 0 Å². The fourth-order valence-corrected chi connectivity index (χ4v) is 1.28. The molecule has 0 saturated heterocycles. The largest absolute Gasteiger partial charge is 0.236 e. The summed E-state index contributed by atoms with van der Waals surface area (Å²) in [4.78, 5) is 0. The summed E-state index contributed by atoms with van der Waals surface area (Å²) in [7, 11) is 0. The lowest BCUT2D eigenvalue weighted by Gasteiger charge is -2.00. The molecule has 0 aliphatic carbocycles. The van der Waals surface area contributed by atoms with Crippen LogP contribution in [0.15, 0.2) is 24.3 Å². The maximum absolute atomic E-state index is 10.3. The molecule has 1 radical (unpaired) electrons. The minimum Gasteiger partial charge on any atom is -0.236 e. The van der Waals surface area contributed by atoms with Crippen LogP contribution >= 0.6 is 0 Å². The summed E-state index contributed by atoms with van der Waals surface area (Å²) in [5, 5.41) is 10.3. The molecule has 0 heterocycles. The van der Waals surface area contributed by atoms with Crippen LogP contribution in [-0.4, -0.2) is 6.61 Å². The molecule has 65 valence electrons. The molecule has 0 aliphatic heterocycles. The van der Waals surface area contributed by atoms with E-state index in [-0.39, 0.29) is 6.61 Å². The van der Waals surface area contributed by atoms with E-state index in [1.807, 2.05) is 0 Å². The molecule has 0 N–H and O–H groups in total. The normalized spacial score (nSPS) is 10.2. The van der Waals surface area contributed by atoms with Crippen molar-refractivity contribution in [2.24, 2.45) is 0 Å². The molecule has 0 unspecified atom stereocenters. The summed E-state index contributed by atoms with van der Waals surface area (Å²) in [5.41, 5.74) is 2.53. The van der Waals surface area contributed by atoms with Gasteiger partial charge in [-0.2, -0.15) is 0 Å². The van der Waals surface area contributed by atoms with Gasteiger partial charge in [-0.05, 0) is 24.0 Å². The van der Waals surface area contributed by atoms with Gasteiger partial charge in [0.05, 0.1) is 6.61 Å². The second-order valence-electron chi connectivity index (χ2n) is 3.02. The number of hydrogen-bond donors (Lipinski definition) is 0. The van der Waals surface area contributed by atoms with Gasteiger partial charge in [-0.3, -0.25) is 0 Å². The standard InChI is InChI=1S/C11H15O/c1-2-3-10-4-6-11(7-5-10)8-9-12/h4-7H,2-3,8-9H2,1H3. The van der Waals surface area contributed by atoms with Crippen LogP contribution in [0, 0.1) is 0 Å². The highest BCUT2D eigenvalue weighted by Crippen LogP contribution is 2.06. The van der Waals surface area contributed by atoms with E-state index in [0.29, 0.717) is 6.42 Å². The molecular weight excluding hydrogens is 148 g/mol. The van der Waals surface area contributed by atoms with Gasteiger partial charge in [-0.15, -0.1) is 0 Å². The van der Waals surface area contributed by atoms with Gasteiger partial charge in [0.1, 0.15) is 0 Å². The zero-order chi connectivity index (χ0) is 8.81. The van der Waals surface area contributed by atoms with Gasteiger partial charge < -0.3 is 0 Å². The van der Waals surface area contributed by atoms with Crippen molar-refractivity contribution in [3.63, 3.8) is 0 Å². The highest BCUT2D eigenvalue weighted by molar-refractivity contribution is 5.22. The van der Waals surface area contributed by atoms with Crippen LogP contribution < -0.4 is 0 Å². The molecule has 1 nitrogen and oxygen atoms in total. The van der Waals surface area contributed by atoms with Crippen LogP contribution in [-0.2, 0) is 17.9 Å². The smallest absolute Gasteiger partial charge is 0.0862 e. The van der Waals surface area contributed by atoms with E-state index in [2.05, 4.69) is 31.2 Å². The van der Waals surface area contributed by atoms with Gasteiger partial charge >= 0.3 is 0 Å². The summed E-state index contributed by atoms with van der Waals surface area (Å²) < 4.78 is 0. The first-order valence-corrected chi connectivity index (χ1v) is 4.52. The maximum atomic E-state index is 10.3. The molecule has 0 fully saturated rings. The van der Waals surface area contributed by atoms with Crippen molar-refractivity contribution in [2.75, 3.05) is 6.61 Å². The fraction of sp³-hybridized carbons (Fsp3) is 0.455. The first kappa shape index (κ1) is 9.27. The number of aryl methyl sites for hydroxylation is 1. The third kappa shape index (κ3) is 2.67. The van der Waals surface area contributed by atoms with E-state index in [1.165, 1.54) is 12.0 Å². The Kier molecular flexibility index (Phi) is 3.81. The van der Waals surface area contributed by atoms with Gasteiger partial charge in [0.15, 0.2) is 0 Å². The summed E-state index contributed by atoms with van der Waals surface area (Å²) in [6.45, 7) is 2.17. The predicted octanol–water partition coefficient (Wildman–Crippen LogP) is 2.61. The first-order chi connectivity index (χ1) is 5.86. The summed E-state index contributed by atoms with van der Waals surface area (Å²) in [6.07, 6.45) is 2.98. The van der Waals surface area contributed by atoms with E-state index in [4.69, 9.17) is 0 Å². The van der Waals surface area contributed by atoms with E-state index in [0.717, 1.165) is 12.0 Å². The topological polar surface area (TPSA) is 19.9 Å². The van der Waals surface area contributed by atoms with Crippen molar-refractivity contribution in [3.8, 4) is 0 Å². The molecule has 0 aromatic heterocycles. The Balaban J connectivity index is 2.58. The molecule has 0 amide bonds. The number of rotatable bonds is 4. The lowest BCUT2D eigenvalue weighted by molar-refractivity contribution is 0.197. The highest BCUT2D eigenvalue weighted by atomic mass is 16.2. The maximum Gasteiger partial charge on any atom is 0.0862 e. The molecule has 1 rings (SSSR count). The molecule has 12 heavy (non-hydrogen) atoms. The molecule has 0 atom stereocenters. The van der Waals surface area contributed by atoms with Crippen molar-refractivity contribution in [1.82, 2.24) is 0 Å². The quantitative estimate of drug-likeness (QED) is 0.650. The molecule has 0 spiro atoms. The summed E-state index contributed by atoms with van der Waals surface area (Å²) >= 11 is 0. The van der Waals surface area contributed by atoms with Gasteiger partial charge in [0.2, 0.25) is 0 Å². The van der Waals surface area contributed by atoms with E-state index in [9.17, 15) is 5.11 Å². The third-order valence-electron chi connectivity index (χ3n) is 1.95. The van der Waals surface area contributed by atoms with Crippen LogP contribution in [0.25, 0.3) is 0 Å². The van der Waals surface area contributed by atoms with Crippen molar-refractivity contribution in [1.29, 1.82) is 0 Å². The average Bonchev–Trinajstić information content (AvgIpc) is 2.09. The summed E-state index contributed by atoms with van der Waals surface area (Å²) in [5.74, 6) is 0. The Hall–Kier alpha value is -0.820. The Morgan fingerprint density at radius 1 is 1.00 bits per heavy atom. The zero-order valence-electron chi connectivity index (χ0n) is 7.55. The van der Waals surface area contributed by atoms with Gasteiger partial charge in [-0.1, -0.05) is 37.6 Å². The molecule has 1 aromatic carbocycles.